The Morgan fingerprint density at radius 2 is 1.79 bits per heavy atom. The van der Waals surface area contributed by atoms with E-state index in [2.05, 4.69) is 69.3 Å². The van der Waals surface area contributed by atoms with Gasteiger partial charge in [-0.15, -0.1) is 0 Å². The molecule has 0 amide bonds. The van der Waals surface area contributed by atoms with Gasteiger partial charge in [0, 0.05) is 9.79 Å². The summed E-state index contributed by atoms with van der Waals surface area (Å²) in [5.41, 5.74) is 8.88. The maximum Gasteiger partial charge on any atom is 0.0201 e. The zero-order valence-corrected chi connectivity index (χ0v) is 15.5. The first-order valence-corrected chi connectivity index (χ1v) is 9.84. The standard InChI is InChI=1S/C23H24S/c1-4-7-18-19-8-5-6-9-21(19)24-22-13-12-17(14-20(18)22)23(15(2)3)16-10-11-16/h5-9,12-15H,4,10-11H2,1-3H3. The van der Waals surface area contributed by atoms with Crippen molar-refractivity contribution in [3.63, 3.8) is 0 Å². The van der Waals surface area contributed by atoms with E-state index >= 15 is 0 Å². The molecule has 2 aromatic carbocycles. The van der Waals surface area contributed by atoms with Gasteiger partial charge in [-0.3, -0.25) is 0 Å². The van der Waals surface area contributed by atoms with Crippen molar-refractivity contribution < 1.29 is 0 Å². The zero-order chi connectivity index (χ0) is 16.7. The van der Waals surface area contributed by atoms with Gasteiger partial charge in [0.05, 0.1) is 0 Å². The predicted octanol–water partition coefficient (Wildman–Crippen LogP) is 7.20. The third-order valence-corrected chi connectivity index (χ3v) is 6.00. The van der Waals surface area contributed by atoms with Crippen molar-refractivity contribution in [1.82, 2.24) is 0 Å². The molecule has 0 atom stereocenters. The Hall–Kier alpha value is -1.73. The molecule has 0 aromatic heterocycles. The normalized spacial score (nSPS) is 17.0. The Balaban J connectivity index is 1.87. The van der Waals surface area contributed by atoms with E-state index in [0.717, 1.165) is 6.42 Å². The molecule has 2 aromatic rings. The van der Waals surface area contributed by atoms with Crippen LogP contribution in [0.1, 0.15) is 56.7 Å². The predicted molar refractivity (Wildman–Crippen MR) is 105 cm³/mol. The Kier molecular flexibility index (Phi) is 4.14. The molecule has 0 nitrogen and oxygen atoms in total. The highest BCUT2D eigenvalue weighted by atomic mass is 32.2. The smallest absolute Gasteiger partial charge is 0.0201 e. The molecule has 1 heterocycles. The van der Waals surface area contributed by atoms with E-state index in [0.29, 0.717) is 5.92 Å². The van der Waals surface area contributed by atoms with Crippen molar-refractivity contribution in [2.75, 3.05) is 0 Å². The molecule has 0 radical (unpaired) electrons. The van der Waals surface area contributed by atoms with E-state index in [9.17, 15) is 0 Å². The van der Waals surface area contributed by atoms with Gasteiger partial charge in [-0.1, -0.05) is 68.4 Å². The van der Waals surface area contributed by atoms with Gasteiger partial charge >= 0.3 is 0 Å². The van der Waals surface area contributed by atoms with Gasteiger partial charge in [-0.25, -0.2) is 0 Å². The van der Waals surface area contributed by atoms with E-state index in [1.165, 1.54) is 44.9 Å². The van der Waals surface area contributed by atoms with Crippen LogP contribution < -0.4 is 0 Å². The second-order valence-corrected chi connectivity index (χ2v) is 8.09. The fourth-order valence-corrected chi connectivity index (χ4v) is 4.83. The molecule has 1 aliphatic carbocycles. The zero-order valence-electron chi connectivity index (χ0n) is 14.7. The van der Waals surface area contributed by atoms with Crippen LogP contribution in [0.5, 0.6) is 0 Å². The number of allylic oxidation sites excluding steroid dienone is 3. The average Bonchev–Trinajstić information content (AvgIpc) is 3.40. The van der Waals surface area contributed by atoms with Gasteiger partial charge in [0.1, 0.15) is 0 Å². The number of fused-ring (bicyclic) bond motifs is 2. The van der Waals surface area contributed by atoms with E-state index in [1.54, 1.807) is 11.1 Å². The minimum Gasteiger partial charge on any atom is -0.0888 e. The maximum absolute atomic E-state index is 2.44. The third kappa shape index (κ3) is 2.75. The minimum atomic E-state index is 0.600. The molecule has 0 saturated heterocycles. The molecule has 1 saturated carbocycles. The van der Waals surface area contributed by atoms with Crippen LogP contribution in [-0.4, -0.2) is 0 Å². The Morgan fingerprint density at radius 3 is 2.50 bits per heavy atom. The molecule has 1 aliphatic heterocycles. The van der Waals surface area contributed by atoms with E-state index < -0.39 is 0 Å². The van der Waals surface area contributed by atoms with Crippen molar-refractivity contribution in [3.05, 3.63) is 70.8 Å². The van der Waals surface area contributed by atoms with Gasteiger partial charge in [-0.2, -0.15) is 0 Å². The minimum absolute atomic E-state index is 0.600. The van der Waals surface area contributed by atoms with Crippen molar-refractivity contribution in [1.29, 1.82) is 0 Å². The van der Waals surface area contributed by atoms with Crippen LogP contribution in [0.25, 0.3) is 11.1 Å². The highest BCUT2D eigenvalue weighted by Gasteiger charge is 2.24. The summed E-state index contributed by atoms with van der Waals surface area (Å²) in [6, 6.07) is 15.9. The summed E-state index contributed by atoms with van der Waals surface area (Å²) in [5.74, 6) is 0.600. The summed E-state index contributed by atoms with van der Waals surface area (Å²) < 4.78 is 0. The SMILES string of the molecule is CCC=C1c2ccccc2Sc2ccc(C(=C3CC3)C(C)C)cc21. The fourth-order valence-electron chi connectivity index (χ4n) is 3.74. The molecule has 0 bridgehead atoms. The Morgan fingerprint density at radius 1 is 1.04 bits per heavy atom. The lowest BCUT2D eigenvalue weighted by Gasteiger charge is -2.24. The molecular weight excluding hydrogens is 308 g/mol. The summed E-state index contributed by atoms with van der Waals surface area (Å²) in [4.78, 5) is 2.77. The number of benzene rings is 2. The van der Waals surface area contributed by atoms with E-state index in [-0.39, 0.29) is 0 Å². The molecule has 1 fully saturated rings. The number of rotatable bonds is 3. The molecule has 0 N–H and O–H groups in total. The molecule has 24 heavy (non-hydrogen) atoms. The van der Waals surface area contributed by atoms with Gasteiger partial charge in [0.25, 0.3) is 0 Å². The summed E-state index contributed by atoms with van der Waals surface area (Å²) in [5, 5.41) is 0. The van der Waals surface area contributed by atoms with Crippen molar-refractivity contribution in [2.24, 2.45) is 5.92 Å². The van der Waals surface area contributed by atoms with Crippen LogP contribution >= 0.6 is 11.8 Å². The van der Waals surface area contributed by atoms with Crippen LogP contribution in [0.2, 0.25) is 0 Å². The average molecular weight is 333 g/mol. The van der Waals surface area contributed by atoms with Gasteiger partial charge in [0.2, 0.25) is 0 Å². The van der Waals surface area contributed by atoms with Crippen LogP contribution in [0, 0.1) is 5.92 Å². The van der Waals surface area contributed by atoms with Crippen molar-refractivity contribution >= 4 is 22.9 Å². The summed E-state index contributed by atoms with van der Waals surface area (Å²) in [6.07, 6.45) is 6.04. The monoisotopic (exact) mass is 332 g/mol. The fraction of sp³-hybridized carbons (Fsp3) is 0.304. The Labute approximate surface area is 149 Å². The molecule has 0 unspecified atom stereocenters. The highest BCUT2D eigenvalue weighted by Crippen LogP contribution is 2.47. The second-order valence-electron chi connectivity index (χ2n) is 7.01. The van der Waals surface area contributed by atoms with E-state index in [4.69, 9.17) is 0 Å². The van der Waals surface area contributed by atoms with Crippen LogP contribution in [0.4, 0.5) is 0 Å². The first-order valence-electron chi connectivity index (χ1n) is 9.03. The number of hydrogen-bond acceptors (Lipinski definition) is 1. The summed E-state index contributed by atoms with van der Waals surface area (Å²) >= 11 is 1.91. The van der Waals surface area contributed by atoms with Crippen molar-refractivity contribution in [2.45, 2.75) is 49.8 Å². The lowest BCUT2D eigenvalue weighted by atomic mass is 9.89. The van der Waals surface area contributed by atoms with Crippen LogP contribution in [0.15, 0.2) is 63.9 Å². The number of hydrogen-bond donors (Lipinski definition) is 0. The molecular formula is C23H24S. The highest BCUT2D eigenvalue weighted by molar-refractivity contribution is 7.99. The molecule has 2 aliphatic rings. The van der Waals surface area contributed by atoms with Crippen LogP contribution in [0.3, 0.4) is 0 Å². The van der Waals surface area contributed by atoms with Crippen molar-refractivity contribution in [3.8, 4) is 0 Å². The molecule has 1 heteroatoms. The lowest BCUT2D eigenvalue weighted by Crippen LogP contribution is -2.02. The first kappa shape index (κ1) is 15.8. The third-order valence-electron chi connectivity index (χ3n) is 4.84. The lowest BCUT2D eigenvalue weighted by molar-refractivity contribution is 0.852. The topological polar surface area (TPSA) is 0 Å². The van der Waals surface area contributed by atoms with Gasteiger partial charge in [0.15, 0.2) is 0 Å². The second kappa shape index (κ2) is 6.29. The molecule has 122 valence electrons. The quantitative estimate of drug-likeness (QED) is 0.489. The summed E-state index contributed by atoms with van der Waals surface area (Å²) in [6.45, 7) is 6.88. The molecule has 0 spiro atoms. The summed E-state index contributed by atoms with van der Waals surface area (Å²) in [7, 11) is 0. The Bertz CT molecular complexity index is 846. The van der Waals surface area contributed by atoms with Gasteiger partial charge in [-0.05, 0) is 71.2 Å². The largest absolute Gasteiger partial charge is 0.0888 e. The maximum atomic E-state index is 2.44. The van der Waals surface area contributed by atoms with E-state index in [1.807, 2.05) is 11.8 Å². The molecule has 4 rings (SSSR count). The van der Waals surface area contributed by atoms with Crippen LogP contribution in [-0.2, 0) is 0 Å². The van der Waals surface area contributed by atoms with Gasteiger partial charge < -0.3 is 0 Å². The first-order chi connectivity index (χ1) is 11.7.